The van der Waals surface area contributed by atoms with E-state index in [0.29, 0.717) is 11.3 Å². The molecule has 0 aliphatic carbocycles. The second-order valence-electron chi connectivity index (χ2n) is 6.71. The van der Waals surface area contributed by atoms with Gasteiger partial charge in [-0.1, -0.05) is 29.8 Å². The van der Waals surface area contributed by atoms with Gasteiger partial charge in [-0.3, -0.25) is 30.1 Å². The first-order valence-corrected chi connectivity index (χ1v) is 8.57. The summed E-state index contributed by atoms with van der Waals surface area (Å²) in [5.41, 5.74) is 5.04. The lowest BCUT2D eigenvalue weighted by Crippen LogP contribution is -2.48. The monoisotopic (exact) mass is 384 g/mol. The largest absolute Gasteiger partial charge is 0.469 e. The number of benzene rings is 1. The molecule has 28 heavy (non-hydrogen) atoms. The minimum atomic E-state index is -1.26. The van der Waals surface area contributed by atoms with Gasteiger partial charge in [0.05, 0.1) is 11.8 Å². The van der Waals surface area contributed by atoms with Crippen molar-refractivity contribution in [2.75, 3.05) is 6.54 Å². The third-order valence-electron chi connectivity index (χ3n) is 4.62. The molecule has 1 aliphatic rings. The first-order valence-electron chi connectivity index (χ1n) is 8.57. The molecule has 2 heterocycles. The van der Waals surface area contributed by atoms with Crippen LogP contribution in [0.25, 0.3) is 0 Å². The summed E-state index contributed by atoms with van der Waals surface area (Å²) in [5, 5.41) is 2.62. The Morgan fingerprint density at radius 1 is 1.11 bits per heavy atom. The Morgan fingerprint density at radius 3 is 2.39 bits per heavy atom. The number of rotatable bonds is 4. The molecule has 1 aliphatic heterocycles. The van der Waals surface area contributed by atoms with E-state index in [4.69, 9.17) is 4.42 Å². The zero-order valence-electron chi connectivity index (χ0n) is 15.7. The van der Waals surface area contributed by atoms with Crippen LogP contribution in [0.15, 0.2) is 41.0 Å². The van der Waals surface area contributed by atoms with Crippen LogP contribution in [0.1, 0.15) is 34.2 Å². The normalized spacial score (nSPS) is 18.8. The highest BCUT2D eigenvalue weighted by atomic mass is 16.3. The van der Waals surface area contributed by atoms with Gasteiger partial charge in [0.15, 0.2) is 0 Å². The van der Waals surface area contributed by atoms with Crippen molar-refractivity contribution in [3.05, 3.63) is 59.0 Å². The molecule has 5 amide bonds. The number of aryl methyl sites for hydroxylation is 2. The van der Waals surface area contributed by atoms with Gasteiger partial charge >= 0.3 is 6.03 Å². The lowest BCUT2D eigenvalue weighted by Gasteiger charge is -2.22. The van der Waals surface area contributed by atoms with Gasteiger partial charge in [-0.2, -0.15) is 0 Å². The first-order chi connectivity index (χ1) is 13.2. The zero-order chi connectivity index (χ0) is 20.5. The number of furan rings is 1. The lowest BCUT2D eigenvalue weighted by molar-refractivity contribution is -0.135. The van der Waals surface area contributed by atoms with Crippen LogP contribution in [-0.2, 0) is 15.1 Å². The molecule has 0 spiro atoms. The van der Waals surface area contributed by atoms with E-state index in [2.05, 4.69) is 16.2 Å². The van der Waals surface area contributed by atoms with Crippen LogP contribution < -0.4 is 16.2 Å². The van der Waals surface area contributed by atoms with Crippen LogP contribution >= 0.6 is 0 Å². The molecule has 9 nitrogen and oxygen atoms in total. The lowest BCUT2D eigenvalue weighted by atomic mass is 9.91. The van der Waals surface area contributed by atoms with E-state index in [1.807, 2.05) is 19.1 Å². The van der Waals surface area contributed by atoms with Crippen molar-refractivity contribution < 1.29 is 23.6 Å². The molecule has 0 radical (unpaired) electrons. The molecule has 0 saturated carbocycles. The van der Waals surface area contributed by atoms with E-state index >= 15 is 0 Å². The quantitative estimate of drug-likeness (QED) is 0.539. The molecule has 1 atom stereocenters. The van der Waals surface area contributed by atoms with E-state index in [-0.39, 0.29) is 5.56 Å². The Morgan fingerprint density at radius 2 is 1.79 bits per heavy atom. The first kappa shape index (κ1) is 19.2. The molecule has 1 fully saturated rings. The highest BCUT2D eigenvalue weighted by Crippen LogP contribution is 2.28. The Labute approximate surface area is 161 Å². The van der Waals surface area contributed by atoms with Crippen LogP contribution in [0.2, 0.25) is 0 Å². The van der Waals surface area contributed by atoms with Gasteiger partial charge in [0.1, 0.15) is 17.8 Å². The average Bonchev–Trinajstić information content (AvgIpc) is 3.17. The number of urea groups is 1. The molecule has 1 saturated heterocycles. The van der Waals surface area contributed by atoms with E-state index in [1.54, 1.807) is 26.0 Å². The topological polar surface area (TPSA) is 121 Å². The van der Waals surface area contributed by atoms with Crippen LogP contribution in [0.3, 0.4) is 0 Å². The highest BCUT2D eigenvalue weighted by molar-refractivity contribution is 6.09. The van der Waals surface area contributed by atoms with Crippen LogP contribution in [0.5, 0.6) is 0 Å². The van der Waals surface area contributed by atoms with Crippen molar-refractivity contribution in [3.8, 4) is 0 Å². The summed E-state index contributed by atoms with van der Waals surface area (Å²) in [6, 6.07) is 7.96. The number of nitrogens with zero attached hydrogens (tertiary/aromatic N) is 1. The molecular weight excluding hydrogens is 364 g/mol. The zero-order valence-corrected chi connectivity index (χ0v) is 15.7. The molecule has 9 heteroatoms. The number of carbonyl (C=O) groups is 4. The van der Waals surface area contributed by atoms with Gasteiger partial charge in [0.25, 0.3) is 17.7 Å². The SMILES string of the molecule is Cc1ccc([C@@]2(C)NC(=O)N(CC(=O)NNC(=O)c3ccoc3C)C2=O)cc1. The highest BCUT2D eigenvalue weighted by Gasteiger charge is 2.49. The average molecular weight is 384 g/mol. The van der Waals surface area contributed by atoms with E-state index in [0.717, 1.165) is 10.5 Å². The van der Waals surface area contributed by atoms with Crippen molar-refractivity contribution in [3.63, 3.8) is 0 Å². The van der Waals surface area contributed by atoms with Crippen LogP contribution in [0, 0.1) is 13.8 Å². The Kier molecular flexibility index (Phi) is 4.91. The molecule has 0 unspecified atom stereocenters. The summed E-state index contributed by atoms with van der Waals surface area (Å²) in [6.45, 7) is 4.57. The number of nitrogens with one attached hydrogen (secondary N) is 3. The maximum absolute atomic E-state index is 12.8. The molecule has 146 valence electrons. The molecule has 1 aromatic carbocycles. The fourth-order valence-corrected chi connectivity index (χ4v) is 2.92. The Balaban J connectivity index is 1.64. The summed E-state index contributed by atoms with van der Waals surface area (Å²) < 4.78 is 5.02. The fraction of sp³-hybridized carbons (Fsp3) is 0.263. The van der Waals surface area contributed by atoms with Crippen molar-refractivity contribution >= 4 is 23.8 Å². The Hall–Kier alpha value is -3.62. The summed E-state index contributed by atoms with van der Waals surface area (Å²) in [6.07, 6.45) is 1.35. The van der Waals surface area contributed by atoms with Crippen molar-refractivity contribution in [1.29, 1.82) is 0 Å². The number of imide groups is 1. The summed E-state index contributed by atoms with van der Waals surface area (Å²) >= 11 is 0. The fourth-order valence-electron chi connectivity index (χ4n) is 2.92. The number of hydrazine groups is 1. The van der Waals surface area contributed by atoms with Gasteiger partial charge in [0.2, 0.25) is 0 Å². The second-order valence-corrected chi connectivity index (χ2v) is 6.71. The smallest absolute Gasteiger partial charge is 0.325 e. The molecule has 0 bridgehead atoms. The third-order valence-corrected chi connectivity index (χ3v) is 4.62. The predicted octanol–water partition coefficient (Wildman–Crippen LogP) is 1.12. The number of amides is 5. The number of hydrogen-bond donors (Lipinski definition) is 3. The van der Waals surface area contributed by atoms with E-state index < -0.39 is 35.8 Å². The van der Waals surface area contributed by atoms with Crippen LogP contribution in [0.4, 0.5) is 4.79 Å². The molecule has 3 N–H and O–H groups in total. The third kappa shape index (κ3) is 3.46. The minimum absolute atomic E-state index is 0.266. The second kappa shape index (κ2) is 7.18. The molecule has 3 rings (SSSR count). The molecular formula is C19H20N4O5. The minimum Gasteiger partial charge on any atom is -0.469 e. The van der Waals surface area contributed by atoms with Gasteiger partial charge in [-0.15, -0.1) is 0 Å². The van der Waals surface area contributed by atoms with Crippen LogP contribution in [-0.4, -0.2) is 35.2 Å². The van der Waals surface area contributed by atoms with Gasteiger partial charge in [-0.05, 0) is 32.4 Å². The van der Waals surface area contributed by atoms with E-state index in [9.17, 15) is 19.2 Å². The maximum Gasteiger partial charge on any atom is 0.325 e. The van der Waals surface area contributed by atoms with Gasteiger partial charge < -0.3 is 9.73 Å². The van der Waals surface area contributed by atoms with Crippen molar-refractivity contribution in [2.45, 2.75) is 26.3 Å². The Bertz CT molecular complexity index is 949. The molecule has 2 aromatic rings. The van der Waals surface area contributed by atoms with E-state index in [1.165, 1.54) is 12.3 Å². The summed E-state index contributed by atoms with van der Waals surface area (Å²) in [7, 11) is 0. The number of hydrogen-bond acceptors (Lipinski definition) is 5. The summed E-state index contributed by atoms with van der Waals surface area (Å²) in [5.74, 6) is -1.43. The molecule has 1 aromatic heterocycles. The van der Waals surface area contributed by atoms with Crippen molar-refractivity contribution in [1.82, 2.24) is 21.1 Å². The van der Waals surface area contributed by atoms with Crippen molar-refractivity contribution in [2.24, 2.45) is 0 Å². The van der Waals surface area contributed by atoms with Gasteiger partial charge in [-0.25, -0.2) is 4.79 Å². The predicted molar refractivity (Wildman–Crippen MR) is 97.8 cm³/mol. The number of carbonyl (C=O) groups excluding carboxylic acids is 4. The summed E-state index contributed by atoms with van der Waals surface area (Å²) in [4.78, 5) is 49.9. The maximum atomic E-state index is 12.8. The standard InChI is InChI=1S/C19H20N4O5/c1-11-4-6-13(7-5-11)19(3)17(26)23(18(27)20-19)10-15(24)21-22-16(25)14-8-9-28-12(14)2/h4-9H,10H2,1-3H3,(H,20,27)(H,21,24)(H,22,25)/t19-/m1/s1. The van der Waals surface area contributed by atoms with Gasteiger partial charge in [0, 0.05) is 0 Å².